The number of hydrogen-bond acceptors (Lipinski definition) is 4. The molecule has 0 N–H and O–H groups in total. The summed E-state index contributed by atoms with van der Waals surface area (Å²) < 4.78 is 5.12. The van der Waals surface area contributed by atoms with Crippen LogP contribution in [-0.2, 0) is 10.2 Å². The van der Waals surface area contributed by atoms with Gasteiger partial charge in [-0.1, -0.05) is 19.9 Å². The number of carbonyl (C=O) groups is 1. The first kappa shape index (κ1) is 22.2. The number of ether oxygens (including phenoxy) is 1. The standard InChI is InChI=1S/C26H36N2O2/c1-8-27(21-12-10-20(11-13-21)25(29)30-9-2)23-17-24-22(16-19(23)5)26(6,7)14-15-28(24)18(3)4/h10-13,16-18H,8-9,14-15H2,1-7H3. The first-order valence-electron chi connectivity index (χ1n) is 11.2. The molecule has 2 aromatic carbocycles. The summed E-state index contributed by atoms with van der Waals surface area (Å²) in [7, 11) is 0. The van der Waals surface area contributed by atoms with E-state index in [-0.39, 0.29) is 11.4 Å². The second-order valence-corrected chi connectivity index (χ2v) is 9.09. The zero-order valence-electron chi connectivity index (χ0n) is 19.6. The third-order valence-electron chi connectivity index (χ3n) is 6.25. The van der Waals surface area contributed by atoms with Crippen molar-refractivity contribution in [2.24, 2.45) is 0 Å². The molecule has 30 heavy (non-hydrogen) atoms. The van der Waals surface area contributed by atoms with Crippen LogP contribution in [0.3, 0.4) is 0 Å². The van der Waals surface area contributed by atoms with Crippen molar-refractivity contribution in [1.82, 2.24) is 0 Å². The molecule has 1 heterocycles. The van der Waals surface area contributed by atoms with Gasteiger partial charge in [-0.2, -0.15) is 0 Å². The van der Waals surface area contributed by atoms with Gasteiger partial charge >= 0.3 is 5.97 Å². The molecule has 0 bridgehead atoms. The number of rotatable bonds is 6. The number of esters is 1. The monoisotopic (exact) mass is 408 g/mol. The number of nitrogens with zero attached hydrogens (tertiary/aromatic N) is 2. The van der Waals surface area contributed by atoms with E-state index < -0.39 is 0 Å². The van der Waals surface area contributed by atoms with Gasteiger partial charge in [0.2, 0.25) is 0 Å². The van der Waals surface area contributed by atoms with E-state index in [0.29, 0.717) is 18.2 Å². The van der Waals surface area contributed by atoms with Crippen molar-refractivity contribution < 1.29 is 9.53 Å². The molecule has 0 spiro atoms. The SMILES string of the molecule is CCOC(=O)c1ccc(N(CC)c2cc3c(cc2C)C(C)(C)CCN3C(C)C)cc1. The zero-order valence-corrected chi connectivity index (χ0v) is 19.6. The second-order valence-electron chi connectivity index (χ2n) is 9.09. The van der Waals surface area contributed by atoms with Crippen LogP contribution in [0.2, 0.25) is 0 Å². The van der Waals surface area contributed by atoms with Crippen LogP contribution in [0.4, 0.5) is 17.1 Å². The van der Waals surface area contributed by atoms with Crippen molar-refractivity contribution in [3.63, 3.8) is 0 Å². The highest BCUT2D eigenvalue weighted by molar-refractivity contribution is 5.90. The van der Waals surface area contributed by atoms with E-state index >= 15 is 0 Å². The summed E-state index contributed by atoms with van der Waals surface area (Å²) in [4.78, 5) is 16.9. The maximum Gasteiger partial charge on any atom is 0.338 e. The van der Waals surface area contributed by atoms with Crippen molar-refractivity contribution in [3.05, 3.63) is 53.1 Å². The number of benzene rings is 2. The third kappa shape index (κ3) is 4.19. The Morgan fingerprint density at radius 2 is 1.83 bits per heavy atom. The Morgan fingerprint density at radius 1 is 1.17 bits per heavy atom. The Hall–Kier alpha value is -2.49. The van der Waals surface area contributed by atoms with Crippen molar-refractivity contribution in [3.8, 4) is 0 Å². The number of carbonyl (C=O) groups excluding carboxylic acids is 1. The molecule has 1 aliphatic rings. The highest BCUT2D eigenvalue weighted by Crippen LogP contribution is 2.44. The molecule has 4 nitrogen and oxygen atoms in total. The lowest BCUT2D eigenvalue weighted by Crippen LogP contribution is -2.41. The lowest BCUT2D eigenvalue weighted by atomic mass is 9.76. The summed E-state index contributed by atoms with van der Waals surface area (Å²) in [5.41, 5.74) is 7.15. The molecule has 4 heteroatoms. The topological polar surface area (TPSA) is 32.8 Å². The van der Waals surface area contributed by atoms with Gasteiger partial charge in [0.15, 0.2) is 0 Å². The van der Waals surface area contributed by atoms with Crippen LogP contribution in [0.15, 0.2) is 36.4 Å². The predicted molar refractivity (Wildman–Crippen MR) is 126 cm³/mol. The van der Waals surface area contributed by atoms with Crippen molar-refractivity contribution >= 4 is 23.0 Å². The quantitative estimate of drug-likeness (QED) is 0.531. The Morgan fingerprint density at radius 3 is 2.40 bits per heavy atom. The fraction of sp³-hybridized carbons (Fsp3) is 0.500. The van der Waals surface area contributed by atoms with Gasteiger partial charge in [-0.3, -0.25) is 0 Å². The van der Waals surface area contributed by atoms with Gasteiger partial charge in [-0.15, -0.1) is 0 Å². The van der Waals surface area contributed by atoms with E-state index in [1.54, 1.807) is 0 Å². The minimum absolute atomic E-state index is 0.183. The molecular weight excluding hydrogens is 372 g/mol. The fourth-order valence-corrected chi connectivity index (χ4v) is 4.43. The fourth-order valence-electron chi connectivity index (χ4n) is 4.43. The largest absolute Gasteiger partial charge is 0.462 e. The predicted octanol–water partition coefficient (Wildman–Crippen LogP) is 6.23. The van der Waals surface area contributed by atoms with E-state index in [1.165, 1.54) is 28.9 Å². The molecule has 0 aromatic heterocycles. The average Bonchev–Trinajstić information content (AvgIpc) is 2.70. The average molecular weight is 409 g/mol. The molecule has 0 amide bonds. The van der Waals surface area contributed by atoms with Crippen LogP contribution < -0.4 is 9.80 Å². The van der Waals surface area contributed by atoms with Gasteiger partial charge < -0.3 is 14.5 Å². The van der Waals surface area contributed by atoms with Crippen LogP contribution >= 0.6 is 0 Å². The van der Waals surface area contributed by atoms with Crippen LogP contribution in [0.25, 0.3) is 0 Å². The van der Waals surface area contributed by atoms with Gasteiger partial charge in [0.1, 0.15) is 0 Å². The highest BCUT2D eigenvalue weighted by atomic mass is 16.5. The van der Waals surface area contributed by atoms with Crippen LogP contribution in [0, 0.1) is 6.92 Å². The minimum atomic E-state index is -0.271. The van der Waals surface area contributed by atoms with Crippen molar-refractivity contribution in [2.45, 2.75) is 66.3 Å². The summed E-state index contributed by atoms with van der Waals surface area (Å²) >= 11 is 0. The molecule has 0 saturated heterocycles. The molecule has 0 saturated carbocycles. The number of anilines is 3. The lowest BCUT2D eigenvalue weighted by Gasteiger charge is -2.43. The molecule has 3 rings (SSSR count). The highest BCUT2D eigenvalue weighted by Gasteiger charge is 2.33. The maximum atomic E-state index is 12.0. The van der Waals surface area contributed by atoms with E-state index in [9.17, 15) is 4.79 Å². The molecule has 0 aliphatic carbocycles. The number of aryl methyl sites for hydroxylation is 1. The van der Waals surface area contributed by atoms with E-state index in [2.05, 4.69) is 63.5 Å². The maximum absolute atomic E-state index is 12.0. The summed E-state index contributed by atoms with van der Waals surface area (Å²) in [6, 6.07) is 13.0. The first-order chi connectivity index (χ1) is 14.2. The van der Waals surface area contributed by atoms with E-state index in [4.69, 9.17) is 4.74 Å². The van der Waals surface area contributed by atoms with E-state index in [0.717, 1.165) is 18.8 Å². The number of fused-ring (bicyclic) bond motifs is 1. The van der Waals surface area contributed by atoms with Crippen molar-refractivity contribution in [1.29, 1.82) is 0 Å². The first-order valence-corrected chi connectivity index (χ1v) is 11.2. The van der Waals surface area contributed by atoms with Gasteiger partial charge in [-0.25, -0.2) is 4.79 Å². The minimum Gasteiger partial charge on any atom is -0.462 e. The molecule has 162 valence electrons. The summed E-state index contributed by atoms with van der Waals surface area (Å²) in [5.74, 6) is -0.271. The van der Waals surface area contributed by atoms with Crippen LogP contribution in [-0.4, -0.2) is 31.7 Å². The normalized spacial score (nSPS) is 15.1. The van der Waals surface area contributed by atoms with Crippen LogP contribution in [0.1, 0.15) is 69.4 Å². The molecule has 1 aliphatic heterocycles. The number of hydrogen-bond donors (Lipinski definition) is 0. The second kappa shape index (κ2) is 8.71. The summed E-state index contributed by atoms with van der Waals surface area (Å²) in [6.45, 7) is 17.8. The zero-order chi connectivity index (χ0) is 22.1. The Balaban J connectivity index is 2.03. The smallest absolute Gasteiger partial charge is 0.338 e. The van der Waals surface area contributed by atoms with Gasteiger partial charge in [0.05, 0.1) is 12.2 Å². The van der Waals surface area contributed by atoms with Crippen LogP contribution in [0.5, 0.6) is 0 Å². The van der Waals surface area contributed by atoms with Gasteiger partial charge in [0.25, 0.3) is 0 Å². The van der Waals surface area contributed by atoms with Crippen molar-refractivity contribution in [2.75, 3.05) is 29.5 Å². The molecule has 2 aromatic rings. The Bertz CT molecular complexity index is 900. The lowest BCUT2D eigenvalue weighted by molar-refractivity contribution is 0.0526. The summed E-state index contributed by atoms with van der Waals surface area (Å²) in [6.07, 6.45) is 1.17. The molecule has 0 atom stereocenters. The Kier molecular flexibility index (Phi) is 6.44. The third-order valence-corrected chi connectivity index (χ3v) is 6.25. The van der Waals surface area contributed by atoms with Gasteiger partial charge in [-0.05, 0) is 87.9 Å². The van der Waals surface area contributed by atoms with Gasteiger partial charge in [0, 0.05) is 36.2 Å². The molecule has 0 fully saturated rings. The van der Waals surface area contributed by atoms with E-state index in [1.807, 2.05) is 31.2 Å². The molecule has 0 unspecified atom stereocenters. The Labute approximate surface area is 181 Å². The summed E-state index contributed by atoms with van der Waals surface area (Å²) in [5, 5.41) is 0. The molecule has 0 radical (unpaired) electrons. The molecular formula is C26H36N2O2.